The Hall–Kier alpha value is -0.0800. The Kier molecular flexibility index (Phi) is 4.81. The van der Waals surface area contributed by atoms with Crippen molar-refractivity contribution < 1.29 is 0 Å². The van der Waals surface area contributed by atoms with E-state index in [1.807, 2.05) is 0 Å². The van der Waals surface area contributed by atoms with Crippen molar-refractivity contribution in [3.63, 3.8) is 0 Å². The van der Waals surface area contributed by atoms with Gasteiger partial charge in [0.15, 0.2) is 0 Å². The minimum absolute atomic E-state index is 0.806. The van der Waals surface area contributed by atoms with E-state index >= 15 is 0 Å². The monoisotopic (exact) mass is 264 g/mol. The SMILES string of the molecule is CC1CCCC(N2CCCCC2C2CCCN2)CC1. The molecule has 3 aliphatic rings. The third-order valence-electron chi connectivity index (χ3n) is 5.85. The molecule has 3 fully saturated rings. The third-order valence-corrected chi connectivity index (χ3v) is 5.85. The topological polar surface area (TPSA) is 15.3 Å². The Labute approximate surface area is 119 Å². The second-order valence-corrected chi connectivity index (χ2v) is 7.27. The predicted octanol–water partition coefficient (Wildman–Crippen LogP) is 3.56. The van der Waals surface area contributed by atoms with Crippen molar-refractivity contribution in [1.82, 2.24) is 10.2 Å². The maximum Gasteiger partial charge on any atom is 0.0252 e. The fraction of sp³-hybridized carbons (Fsp3) is 1.00. The average Bonchev–Trinajstić information content (AvgIpc) is 2.88. The van der Waals surface area contributed by atoms with E-state index in [2.05, 4.69) is 17.1 Å². The molecule has 2 nitrogen and oxygen atoms in total. The Balaban J connectivity index is 1.65. The summed E-state index contributed by atoms with van der Waals surface area (Å²) in [5, 5.41) is 3.78. The lowest BCUT2D eigenvalue weighted by Crippen LogP contribution is -2.54. The van der Waals surface area contributed by atoms with Gasteiger partial charge in [0.25, 0.3) is 0 Å². The molecule has 0 aromatic rings. The smallest absolute Gasteiger partial charge is 0.0252 e. The van der Waals surface area contributed by atoms with Crippen LogP contribution in [0.15, 0.2) is 0 Å². The van der Waals surface area contributed by atoms with E-state index in [-0.39, 0.29) is 0 Å². The standard InChI is InChI=1S/C17H32N2/c1-14-6-4-7-15(11-10-14)19-13-3-2-9-17(19)16-8-5-12-18-16/h14-18H,2-13H2,1H3. The minimum atomic E-state index is 0.806. The average molecular weight is 264 g/mol. The Morgan fingerprint density at radius 3 is 2.63 bits per heavy atom. The van der Waals surface area contributed by atoms with Crippen molar-refractivity contribution in [2.24, 2.45) is 5.92 Å². The van der Waals surface area contributed by atoms with Gasteiger partial charge in [0, 0.05) is 18.1 Å². The van der Waals surface area contributed by atoms with Crippen LogP contribution in [0.4, 0.5) is 0 Å². The first-order chi connectivity index (χ1) is 9.34. The van der Waals surface area contributed by atoms with E-state index < -0.39 is 0 Å². The molecular weight excluding hydrogens is 232 g/mol. The highest BCUT2D eigenvalue weighted by molar-refractivity contribution is 4.93. The van der Waals surface area contributed by atoms with Crippen LogP contribution in [-0.4, -0.2) is 36.1 Å². The van der Waals surface area contributed by atoms with Gasteiger partial charge in [-0.15, -0.1) is 0 Å². The molecule has 0 aromatic heterocycles. The number of rotatable bonds is 2. The van der Waals surface area contributed by atoms with Crippen molar-refractivity contribution in [2.45, 2.75) is 89.3 Å². The van der Waals surface area contributed by atoms with E-state index in [1.165, 1.54) is 77.3 Å². The Morgan fingerprint density at radius 2 is 1.79 bits per heavy atom. The van der Waals surface area contributed by atoms with Gasteiger partial charge < -0.3 is 5.32 Å². The molecule has 1 N–H and O–H groups in total. The molecule has 2 heterocycles. The van der Waals surface area contributed by atoms with Gasteiger partial charge in [-0.3, -0.25) is 4.90 Å². The van der Waals surface area contributed by atoms with Gasteiger partial charge in [-0.1, -0.05) is 26.2 Å². The van der Waals surface area contributed by atoms with E-state index in [9.17, 15) is 0 Å². The van der Waals surface area contributed by atoms with E-state index in [4.69, 9.17) is 0 Å². The predicted molar refractivity (Wildman–Crippen MR) is 81.4 cm³/mol. The van der Waals surface area contributed by atoms with Gasteiger partial charge in [0.2, 0.25) is 0 Å². The number of likely N-dealkylation sites (tertiary alicyclic amines) is 1. The molecule has 1 aliphatic carbocycles. The van der Waals surface area contributed by atoms with Gasteiger partial charge in [-0.25, -0.2) is 0 Å². The summed E-state index contributed by atoms with van der Waals surface area (Å²) in [4.78, 5) is 2.94. The summed E-state index contributed by atoms with van der Waals surface area (Å²) in [5.41, 5.74) is 0. The molecule has 0 spiro atoms. The molecule has 0 amide bonds. The molecule has 2 saturated heterocycles. The molecule has 0 radical (unpaired) electrons. The van der Waals surface area contributed by atoms with Crippen LogP contribution in [0.2, 0.25) is 0 Å². The zero-order chi connectivity index (χ0) is 13.1. The van der Waals surface area contributed by atoms with Crippen LogP contribution in [0.25, 0.3) is 0 Å². The number of nitrogens with one attached hydrogen (secondary N) is 1. The molecule has 4 atom stereocenters. The summed E-state index contributed by atoms with van der Waals surface area (Å²) >= 11 is 0. The molecular formula is C17H32N2. The summed E-state index contributed by atoms with van der Waals surface area (Å²) in [6.45, 7) is 5.09. The third kappa shape index (κ3) is 3.33. The van der Waals surface area contributed by atoms with E-state index in [1.54, 1.807) is 0 Å². The first-order valence-corrected chi connectivity index (χ1v) is 8.84. The maximum absolute atomic E-state index is 3.78. The van der Waals surface area contributed by atoms with Gasteiger partial charge >= 0.3 is 0 Å². The summed E-state index contributed by atoms with van der Waals surface area (Å²) in [7, 11) is 0. The second-order valence-electron chi connectivity index (χ2n) is 7.27. The van der Waals surface area contributed by atoms with Crippen molar-refractivity contribution in [1.29, 1.82) is 0 Å². The van der Waals surface area contributed by atoms with Crippen LogP contribution in [0, 0.1) is 5.92 Å². The summed E-state index contributed by atoms with van der Waals surface area (Å²) in [5.74, 6) is 0.970. The van der Waals surface area contributed by atoms with E-state index in [0.29, 0.717) is 0 Å². The van der Waals surface area contributed by atoms with Crippen LogP contribution in [-0.2, 0) is 0 Å². The molecule has 3 rings (SSSR count). The van der Waals surface area contributed by atoms with Crippen LogP contribution < -0.4 is 5.32 Å². The number of nitrogens with zero attached hydrogens (tertiary/aromatic N) is 1. The highest BCUT2D eigenvalue weighted by atomic mass is 15.2. The zero-order valence-corrected chi connectivity index (χ0v) is 12.7. The van der Waals surface area contributed by atoms with E-state index in [0.717, 1.165) is 24.0 Å². The quantitative estimate of drug-likeness (QED) is 0.767. The number of hydrogen-bond donors (Lipinski definition) is 1. The van der Waals surface area contributed by atoms with Crippen LogP contribution in [0.5, 0.6) is 0 Å². The molecule has 0 aromatic carbocycles. The van der Waals surface area contributed by atoms with Crippen molar-refractivity contribution in [3.05, 3.63) is 0 Å². The van der Waals surface area contributed by atoms with Crippen molar-refractivity contribution in [2.75, 3.05) is 13.1 Å². The molecule has 110 valence electrons. The molecule has 0 bridgehead atoms. The molecule has 2 aliphatic heterocycles. The molecule has 19 heavy (non-hydrogen) atoms. The minimum Gasteiger partial charge on any atom is -0.312 e. The van der Waals surface area contributed by atoms with Crippen molar-refractivity contribution >= 4 is 0 Å². The zero-order valence-electron chi connectivity index (χ0n) is 12.7. The highest BCUT2D eigenvalue weighted by Gasteiger charge is 2.35. The van der Waals surface area contributed by atoms with Gasteiger partial charge in [-0.05, 0) is 64.0 Å². The largest absolute Gasteiger partial charge is 0.312 e. The summed E-state index contributed by atoms with van der Waals surface area (Å²) in [6, 6.07) is 2.56. The fourth-order valence-corrected chi connectivity index (χ4v) is 4.70. The Bertz CT molecular complexity index is 272. The maximum atomic E-state index is 3.78. The van der Waals surface area contributed by atoms with Crippen LogP contribution >= 0.6 is 0 Å². The lowest BCUT2D eigenvalue weighted by Gasteiger charge is -2.44. The first-order valence-electron chi connectivity index (χ1n) is 8.84. The van der Waals surface area contributed by atoms with Gasteiger partial charge in [-0.2, -0.15) is 0 Å². The highest BCUT2D eigenvalue weighted by Crippen LogP contribution is 2.32. The van der Waals surface area contributed by atoms with Crippen LogP contribution in [0.3, 0.4) is 0 Å². The molecule has 4 unspecified atom stereocenters. The summed E-state index contributed by atoms with van der Waals surface area (Å²) < 4.78 is 0. The van der Waals surface area contributed by atoms with Gasteiger partial charge in [0.1, 0.15) is 0 Å². The molecule has 2 heteroatoms. The van der Waals surface area contributed by atoms with Gasteiger partial charge in [0.05, 0.1) is 0 Å². The number of hydrogen-bond acceptors (Lipinski definition) is 2. The normalized spacial score (nSPS) is 42.2. The lowest BCUT2D eigenvalue weighted by molar-refractivity contribution is 0.0648. The van der Waals surface area contributed by atoms with Crippen molar-refractivity contribution in [3.8, 4) is 0 Å². The number of piperidine rings is 1. The summed E-state index contributed by atoms with van der Waals surface area (Å²) in [6.07, 6.45) is 14.5. The second kappa shape index (κ2) is 6.58. The van der Waals surface area contributed by atoms with Crippen LogP contribution in [0.1, 0.15) is 71.1 Å². The lowest BCUT2D eigenvalue weighted by atomic mass is 9.91. The fourth-order valence-electron chi connectivity index (χ4n) is 4.70. The first kappa shape index (κ1) is 13.9. The Morgan fingerprint density at radius 1 is 0.842 bits per heavy atom. The molecule has 1 saturated carbocycles.